The van der Waals surface area contributed by atoms with Crippen molar-refractivity contribution < 1.29 is 4.74 Å². The van der Waals surface area contributed by atoms with Gasteiger partial charge >= 0.3 is 11.7 Å². The van der Waals surface area contributed by atoms with E-state index in [2.05, 4.69) is 261 Å². The normalized spacial score (nSPS) is 12.2. The Morgan fingerprint density at radius 3 is 1.64 bits per heavy atom. The van der Waals surface area contributed by atoms with E-state index in [0.717, 1.165) is 106 Å². The highest BCUT2D eigenvalue weighted by molar-refractivity contribution is 6.11. The van der Waals surface area contributed by atoms with E-state index in [-0.39, 0.29) is 0 Å². The molecule has 326 valence electrons. The van der Waals surface area contributed by atoms with Crippen LogP contribution in [0, 0.1) is 0 Å². The van der Waals surface area contributed by atoms with E-state index in [1.54, 1.807) is 0 Å². The van der Waals surface area contributed by atoms with Gasteiger partial charge in [-0.1, -0.05) is 146 Å². The van der Waals surface area contributed by atoms with Crippen molar-refractivity contribution in [2.45, 2.75) is 0 Å². The number of para-hydroxylation sites is 4. The van der Waals surface area contributed by atoms with Crippen molar-refractivity contribution in [1.29, 1.82) is 0 Å². The highest BCUT2D eigenvalue weighted by Gasteiger charge is 2.41. The monoisotopic (exact) mass is 895 g/mol. The van der Waals surface area contributed by atoms with Crippen LogP contribution < -0.4 is 13.9 Å². The number of benzene rings is 10. The van der Waals surface area contributed by atoms with Gasteiger partial charge in [-0.15, -0.1) is 0 Å². The number of rotatable bonds is 8. The quantitative estimate of drug-likeness (QED) is 0.143. The Morgan fingerprint density at radius 2 is 0.957 bits per heavy atom. The molecule has 0 unspecified atom stereocenters. The molecule has 10 aromatic carbocycles. The van der Waals surface area contributed by atoms with Crippen molar-refractivity contribution in [3.8, 4) is 45.3 Å². The molecule has 0 amide bonds. The van der Waals surface area contributed by atoms with Gasteiger partial charge in [-0.25, -0.2) is 4.98 Å². The van der Waals surface area contributed by atoms with Crippen LogP contribution in [0.2, 0.25) is 0 Å². The fourth-order valence-electron chi connectivity index (χ4n) is 10.7. The number of hydrogen-bond acceptors (Lipinski definition) is 2. The van der Waals surface area contributed by atoms with Crippen LogP contribution in [-0.2, 0) is 0 Å². The first-order chi connectivity index (χ1) is 34.7. The first-order valence-corrected chi connectivity index (χ1v) is 23.6. The van der Waals surface area contributed by atoms with E-state index in [9.17, 15) is 0 Å². The van der Waals surface area contributed by atoms with Crippen molar-refractivity contribution in [1.82, 2.24) is 23.3 Å². The Bertz CT molecular complexity index is 4200. The molecule has 14 rings (SSSR count). The largest absolute Gasteiger partial charge is 0.503 e. The molecule has 4 heterocycles. The molecule has 0 saturated heterocycles. The number of ether oxygens (including phenoxy) is 1. The number of pyridine rings is 1. The van der Waals surface area contributed by atoms with Gasteiger partial charge in [0.2, 0.25) is 11.4 Å². The van der Waals surface area contributed by atoms with E-state index < -0.39 is 0 Å². The van der Waals surface area contributed by atoms with Crippen LogP contribution in [0.25, 0.3) is 88.1 Å². The van der Waals surface area contributed by atoms with Crippen molar-refractivity contribution in [3.05, 3.63) is 249 Å². The lowest BCUT2D eigenvalue weighted by Gasteiger charge is -2.12. The molecule has 70 heavy (non-hydrogen) atoms. The molecule has 6 nitrogen and oxygen atoms in total. The SMILES string of the molecule is C1=[N+](c2cccc(Oc3ccc4c5ccccc5n(-c5cc(-n6c7ccccc7c7ccccc76)ccn5)c4c3)c2)c2ccc3ccccc3c2[N+]=1c1c(-c2ccccc2)cccc1-c1ccccc1. The molecule has 0 spiro atoms. The van der Waals surface area contributed by atoms with Gasteiger partial charge in [0.05, 0.1) is 50.3 Å². The molecule has 6 heteroatoms. The molecule has 0 N–H and O–H groups in total. The van der Waals surface area contributed by atoms with E-state index in [0.29, 0.717) is 5.75 Å². The van der Waals surface area contributed by atoms with Crippen molar-refractivity contribution >= 4 is 83.1 Å². The van der Waals surface area contributed by atoms with Crippen molar-refractivity contribution in [2.75, 3.05) is 0 Å². The highest BCUT2D eigenvalue weighted by Crippen LogP contribution is 2.47. The smallest absolute Gasteiger partial charge is 0.457 e. The maximum Gasteiger partial charge on any atom is 0.503 e. The summed E-state index contributed by atoms with van der Waals surface area (Å²) in [7, 11) is 0. The second kappa shape index (κ2) is 16.0. The van der Waals surface area contributed by atoms with Crippen LogP contribution >= 0.6 is 0 Å². The minimum absolute atomic E-state index is 0.711. The van der Waals surface area contributed by atoms with Gasteiger partial charge in [0, 0.05) is 52.0 Å². The van der Waals surface area contributed by atoms with Crippen LogP contribution in [0.15, 0.2) is 249 Å². The van der Waals surface area contributed by atoms with Gasteiger partial charge < -0.3 is 9.30 Å². The van der Waals surface area contributed by atoms with Crippen molar-refractivity contribution in [3.63, 3.8) is 0 Å². The van der Waals surface area contributed by atoms with E-state index in [4.69, 9.17) is 9.72 Å². The summed E-state index contributed by atoms with van der Waals surface area (Å²) >= 11 is 0. The van der Waals surface area contributed by atoms with E-state index >= 15 is 0 Å². The van der Waals surface area contributed by atoms with Gasteiger partial charge in [-0.3, -0.25) is 4.57 Å². The first-order valence-electron chi connectivity index (χ1n) is 23.6. The Kier molecular flexibility index (Phi) is 9.06. The number of hydrogen-bond donors (Lipinski definition) is 0. The fourth-order valence-corrected chi connectivity index (χ4v) is 10.7. The summed E-state index contributed by atoms with van der Waals surface area (Å²) < 4.78 is 15.9. The second-order valence-corrected chi connectivity index (χ2v) is 17.7. The zero-order valence-electron chi connectivity index (χ0n) is 37.8. The summed E-state index contributed by atoms with van der Waals surface area (Å²) in [5, 5.41) is 7.02. The molecule has 0 fully saturated rings. The zero-order chi connectivity index (χ0) is 46.1. The summed E-state index contributed by atoms with van der Waals surface area (Å²) in [4.78, 5) is 5.02. The number of nitrogens with zero attached hydrogens (tertiary/aromatic N) is 5. The van der Waals surface area contributed by atoms with Gasteiger partial charge in [0.1, 0.15) is 17.3 Å². The van der Waals surface area contributed by atoms with Crippen molar-refractivity contribution in [2.24, 2.45) is 0 Å². The molecule has 0 aliphatic carbocycles. The molecule has 1 aliphatic heterocycles. The van der Waals surface area contributed by atoms with E-state index in [1.807, 2.05) is 12.3 Å². The average molecular weight is 896 g/mol. The molecule has 3 aromatic heterocycles. The Balaban J connectivity index is 0.906. The molecule has 13 aromatic rings. The second-order valence-electron chi connectivity index (χ2n) is 17.7. The number of aromatic nitrogens is 3. The van der Waals surface area contributed by atoms with Crippen LogP contribution in [-0.4, -0.2) is 20.1 Å². The third-order valence-corrected chi connectivity index (χ3v) is 13.7. The topological polar surface area (TPSA) is 38.0 Å². The molecule has 1 aliphatic rings. The molecule has 0 atom stereocenters. The maximum atomic E-state index is 6.87. The Labute approximate surface area is 403 Å². The fraction of sp³-hybridized carbons (Fsp3) is 0. The molecular formula is C64H41N5O+2. The third kappa shape index (κ3) is 6.32. The molecule has 0 saturated carbocycles. The van der Waals surface area contributed by atoms with Gasteiger partial charge in [0.25, 0.3) is 5.69 Å². The first kappa shape index (κ1) is 39.5. The van der Waals surface area contributed by atoms with Crippen LogP contribution in [0.5, 0.6) is 11.5 Å². The Morgan fingerprint density at radius 1 is 0.386 bits per heavy atom. The predicted molar refractivity (Wildman–Crippen MR) is 289 cm³/mol. The maximum absolute atomic E-state index is 6.87. The van der Waals surface area contributed by atoms with Gasteiger partial charge in [-0.2, -0.15) is 0 Å². The summed E-state index contributed by atoms with van der Waals surface area (Å²) in [6, 6.07) is 89.5. The minimum Gasteiger partial charge on any atom is -0.457 e. The standard InChI is InChI=1S/C64H41N5O/c1-3-17-43(18-4-1)50-28-16-29-51(44-19-5-2-6-20-44)63(50)67-42-66(60-36-33-45-21-7-8-24-52(45)64(60)67)46-22-15-23-48(39-46)70-49-34-35-56-55-27-11-14-32-59(55)69(61(56)41-49)62-40-47(37-38-65-62)68-57-30-12-9-25-53(57)54-26-10-13-31-58(54)68/h1-41H/q+2. The minimum atomic E-state index is 0.711. The summed E-state index contributed by atoms with van der Waals surface area (Å²) in [6.07, 6.45) is 1.91. The van der Waals surface area contributed by atoms with E-state index in [1.165, 1.54) is 10.8 Å². The van der Waals surface area contributed by atoms with Gasteiger partial charge in [-0.05, 0) is 92.4 Å². The lowest BCUT2D eigenvalue weighted by molar-refractivity contribution is 0.483. The summed E-state index contributed by atoms with van der Waals surface area (Å²) in [5.41, 5.74) is 14.0. The van der Waals surface area contributed by atoms with Crippen LogP contribution in [0.3, 0.4) is 0 Å². The molecular weight excluding hydrogens is 855 g/mol. The lowest BCUT2D eigenvalue weighted by atomic mass is 9.95. The third-order valence-electron chi connectivity index (χ3n) is 13.7. The summed E-state index contributed by atoms with van der Waals surface area (Å²) in [5.74, 6) is 2.26. The average Bonchev–Trinajstić information content (AvgIpc) is 4.09. The summed E-state index contributed by atoms with van der Waals surface area (Å²) in [6.45, 7) is 0. The molecule has 0 bridgehead atoms. The van der Waals surface area contributed by atoms with Crippen LogP contribution in [0.4, 0.5) is 22.7 Å². The van der Waals surface area contributed by atoms with Gasteiger partial charge in [0.15, 0.2) is 0 Å². The number of fused-ring (bicyclic) bond motifs is 9. The molecule has 0 radical (unpaired) electrons. The lowest BCUT2D eigenvalue weighted by Crippen LogP contribution is -2.05. The zero-order valence-corrected chi connectivity index (χ0v) is 37.8. The Hall–Kier alpha value is -9.61. The predicted octanol–water partition coefficient (Wildman–Crippen LogP) is 16.4. The van der Waals surface area contributed by atoms with Crippen LogP contribution in [0.1, 0.15) is 0 Å². The highest BCUT2D eigenvalue weighted by atomic mass is 16.5.